The van der Waals surface area contributed by atoms with Crippen LogP contribution in [0.4, 0.5) is 5.13 Å². The van der Waals surface area contributed by atoms with Gasteiger partial charge in [-0.3, -0.25) is 4.79 Å². The Morgan fingerprint density at radius 3 is 2.63 bits per heavy atom. The van der Waals surface area contributed by atoms with Crippen molar-refractivity contribution in [3.8, 4) is 10.6 Å². The number of rotatable bonds is 5. The number of likely N-dealkylation sites (tertiary alicyclic amines) is 1. The van der Waals surface area contributed by atoms with Gasteiger partial charge in [0.1, 0.15) is 5.01 Å². The van der Waals surface area contributed by atoms with Crippen molar-refractivity contribution < 1.29 is 9.90 Å². The van der Waals surface area contributed by atoms with Gasteiger partial charge in [0.05, 0.1) is 0 Å². The highest BCUT2D eigenvalue weighted by atomic mass is 32.1. The molecule has 1 N–H and O–H groups in total. The van der Waals surface area contributed by atoms with Gasteiger partial charge in [-0.2, -0.15) is 0 Å². The van der Waals surface area contributed by atoms with Crippen LogP contribution in [-0.4, -0.2) is 58.9 Å². The monoisotopic (exact) mass is 386 g/mol. The van der Waals surface area contributed by atoms with Gasteiger partial charge in [0.2, 0.25) is 11.0 Å². The molecule has 0 aliphatic carbocycles. The first-order valence-electron chi connectivity index (χ1n) is 9.72. The molecule has 7 heteroatoms. The SMILES string of the molecule is O=C1CCC2(CCN(c3nnc(-c4ccccc4)s3)CC2)CN1CCCO. The van der Waals surface area contributed by atoms with Crippen molar-refractivity contribution in [1.82, 2.24) is 15.1 Å². The Bertz CT molecular complexity index is 771. The van der Waals surface area contributed by atoms with Gasteiger partial charge in [-0.15, -0.1) is 10.2 Å². The molecule has 27 heavy (non-hydrogen) atoms. The van der Waals surface area contributed by atoms with Crippen LogP contribution in [-0.2, 0) is 4.79 Å². The van der Waals surface area contributed by atoms with Crippen LogP contribution < -0.4 is 4.90 Å². The first kappa shape index (κ1) is 18.4. The minimum Gasteiger partial charge on any atom is -0.396 e. The Kier molecular flexibility index (Phi) is 5.41. The summed E-state index contributed by atoms with van der Waals surface area (Å²) in [6, 6.07) is 10.2. The van der Waals surface area contributed by atoms with Crippen molar-refractivity contribution in [2.24, 2.45) is 5.41 Å². The number of carbonyl (C=O) groups is 1. The molecule has 0 unspecified atom stereocenters. The van der Waals surface area contributed by atoms with E-state index in [4.69, 9.17) is 5.11 Å². The van der Waals surface area contributed by atoms with Crippen LogP contribution in [0.15, 0.2) is 30.3 Å². The molecule has 0 radical (unpaired) electrons. The highest BCUT2D eigenvalue weighted by Gasteiger charge is 2.41. The maximum Gasteiger partial charge on any atom is 0.222 e. The van der Waals surface area contributed by atoms with Gasteiger partial charge in [0.15, 0.2) is 0 Å². The van der Waals surface area contributed by atoms with E-state index in [-0.39, 0.29) is 17.9 Å². The first-order chi connectivity index (χ1) is 13.2. The lowest BCUT2D eigenvalue weighted by molar-refractivity contribution is -0.138. The van der Waals surface area contributed by atoms with Crippen molar-refractivity contribution in [1.29, 1.82) is 0 Å². The second kappa shape index (κ2) is 7.94. The molecule has 144 valence electrons. The molecule has 6 nitrogen and oxygen atoms in total. The first-order valence-corrected chi connectivity index (χ1v) is 10.5. The lowest BCUT2D eigenvalue weighted by Gasteiger charge is -2.47. The van der Waals surface area contributed by atoms with E-state index in [1.165, 1.54) is 0 Å². The highest BCUT2D eigenvalue weighted by molar-refractivity contribution is 7.18. The second-order valence-electron chi connectivity index (χ2n) is 7.64. The Hall–Kier alpha value is -1.99. The standard InChI is InChI=1S/C20H26N4O2S/c25-14-4-11-24-15-20(8-7-17(24)26)9-12-23(13-10-20)19-22-21-18(27-19)16-5-2-1-3-6-16/h1-3,5-6,25H,4,7-15H2. The fraction of sp³-hybridized carbons (Fsp3) is 0.550. The average molecular weight is 387 g/mol. The van der Waals surface area contributed by atoms with Crippen molar-refractivity contribution in [3.05, 3.63) is 30.3 Å². The van der Waals surface area contributed by atoms with Crippen LogP contribution in [0.1, 0.15) is 32.1 Å². The topological polar surface area (TPSA) is 69.6 Å². The zero-order chi connectivity index (χ0) is 18.7. The maximum absolute atomic E-state index is 12.2. The number of amides is 1. The van der Waals surface area contributed by atoms with Crippen molar-refractivity contribution in [2.75, 3.05) is 37.7 Å². The summed E-state index contributed by atoms with van der Waals surface area (Å²) in [6.07, 6.45) is 4.45. The molecule has 4 rings (SSSR count). The summed E-state index contributed by atoms with van der Waals surface area (Å²) < 4.78 is 0. The van der Waals surface area contributed by atoms with Crippen LogP contribution in [0, 0.1) is 5.41 Å². The van der Waals surface area contributed by atoms with Gasteiger partial charge < -0.3 is 14.9 Å². The van der Waals surface area contributed by atoms with Crippen LogP contribution in [0.2, 0.25) is 0 Å². The third-order valence-corrected chi connectivity index (χ3v) is 6.90. The zero-order valence-electron chi connectivity index (χ0n) is 15.5. The van der Waals surface area contributed by atoms with Crippen LogP contribution >= 0.6 is 11.3 Å². The van der Waals surface area contributed by atoms with Gasteiger partial charge in [-0.1, -0.05) is 41.7 Å². The van der Waals surface area contributed by atoms with E-state index in [1.807, 2.05) is 23.1 Å². The minimum absolute atomic E-state index is 0.144. The molecule has 1 amide bonds. The number of benzene rings is 1. The average Bonchev–Trinajstić information content (AvgIpc) is 3.20. The molecule has 2 aliphatic heterocycles. The molecule has 3 heterocycles. The molecule has 2 fully saturated rings. The molecule has 0 bridgehead atoms. The molecular formula is C20H26N4O2S. The third-order valence-electron chi connectivity index (χ3n) is 5.86. The van der Waals surface area contributed by atoms with E-state index < -0.39 is 0 Å². The zero-order valence-corrected chi connectivity index (χ0v) is 16.3. The lowest BCUT2D eigenvalue weighted by atomic mass is 9.72. The predicted molar refractivity (Wildman–Crippen MR) is 107 cm³/mol. The molecule has 0 atom stereocenters. The Labute approximate surface area is 163 Å². The Morgan fingerprint density at radius 2 is 1.89 bits per heavy atom. The van der Waals surface area contributed by atoms with Gasteiger partial charge >= 0.3 is 0 Å². The van der Waals surface area contributed by atoms with E-state index in [1.54, 1.807) is 11.3 Å². The molecular weight excluding hydrogens is 360 g/mol. The van der Waals surface area contributed by atoms with E-state index in [9.17, 15) is 4.79 Å². The summed E-state index contributed by atoms with van der Waals surface area (Å²) in [5, 5.41) is 19.8. The number of anilines is 1. The number of aromatic nitrogens is 2. The summed E-state index contributed by atoms with van der Waals surface area (Å²) >= 11 is 1.65. The normalized spacial score (nSPS) is 19.7. The molecule has 0 saturated carbocycles. The predicted octanol–water partition coefficient (Wildman–Crippen LogP) is 2.80. The summed E-state index contributed by atoms with van der Waals surface area (Å²) in [5.41, 5.74) is 1.34. The van der Waals surface area contributed by atoms with Gasteiger partial charge in [-0.25, -0.2) is 0 Å². The number of carbonyl (C=O) groups excluding carboxylic acids is 1. The number of hydrogen-bond donors (Lipinski definition) is 1. The molecule has 1 aromatic heterocycles. The highest BCUT2D eigenvalue weighted by Crippen LogP contribution is 2.42. The molecule has 2 aromatic rings. The third kappa shape index (κ3) is 3.99. The fourth-order valence-corrected chi connectivity index (χ4v) is 5.09. The minimum atomic E-state index is 0.144. The number of nitrogens with zero attached hydrogens (tertiary/aromatic N) is 4. The van der Waals surface area contributed by atoms with Crippen molar-refractivity contribution in [2.45, 2.75) is 32.1 Å². The quantitative estimate of drug-likeness (QED) is 0.856. The molecule has 2 saturated heterocycles. The second-order valence-corrected chi connectivity index (χ2v) is 8.59. The number of aliphatic hydroxyl groups is 1. The summed E-state index contributed by atoms with van der Waals surface area (Å²) in [5.74, 6) is 0.244. The number of aliphatic hydroxyl groups excluding tert-OH is 1. The maximum atomic E-state index is 12.2. The smallest absolute Gasteiger partial charge is 0.222 e. The lowest BCUT2D eigenvalue weighted by Crippen LogP contribution is -2.51. The van der Waals surface area contributed by atoms with Gasteiger partial charge in [0, 0.05) is 44.8 Å². The van der Waals surface area contributed by atoms with Gasteiger partial charge in [-0.05, 0) is 31.1 Å². The number of hydrogen-bond acceptors (Lipinski definition) is 6. The van der Waals surface area contributed by atoms with E-state index >= 15 is 0 Å². The van der Waals surface area contributed by atoms with Crippen LogP contribution in [0.5, 0.6) is 0 Å². The van der Waals surface area contributed by atoms with E-state index in [2.05, 4.69) is 27.2 Å². The largest absolute Gasteiger partial charge is 0.396 e. The Balaban J connectivity index is 1.39. The molecule has 1 spiro atoms. The molecule has 1 aromatic carbocycles. The van der Waals surface area contributed by atoms with Crippen molar-refractivity contribution >= 4 is 22.4 Å². The van der Waals surface area contributed by atoms with Crippen molar-refractivity contribution in [3.63, 3.8) is 0 Å². The number of piperidine rings is 2. The van der Waals surface area contributed by atoms with Crippen LogP contribution in [0.25, 0.3) is 10.6 Å². The fourth-order valence-electron chi connectivity index (χ4n) is 4.19. The summed E-state index contributed by atoms with van der Waals surface area (Å²) in [6.45, 7) is 3.59. The summed E-state index contributed by atoms with van der Waals surface area (Å²) in [7, 11) is 0. The van der Waals surface area contributed by atoms with Crippen LogP contribution in [0.3, 0.4) is 0 Å². The van der Waals surface area contributed by atoms with Gasteiger partial charge in [0.25, 0.3) is 0 Å². The molecule has 2 aliphatic rings. The Morgan fingerprint density at radius 1 is 1.11 bits per heavy atom. The van der Waals surface area contributed by atoms with E-state index in [0.717, 1.165) is 54.6 Å². The van der Waals surface area contributed by atoms with E-state index in [0.29, 0.717) is 19.4 Å². The summed E-state index contributed by atoms with van der Waals surface area (Å²) in [4.78, 5) is 16.5.